The molecule has 1 aliphatic heterocycles. The van der Waals surface area contributed by atoms with Crippen molar-refractivity contribution < 1.29 is 4.79 Å². The first kappa shape index (κ1) is 11.1. The maximum Gasteiger partial charge on any atom is 0.136 e. The molecule has 2 nitrogen and oxygen atoms in total. The number of rotatable bonds is 3. The molecule has 0 aromatic carbocycles. The van der Waals surface area contributed by atoms with Gasteiger partial charge in [0.2, 0.25) is 0 Å². The Bertz CT molecular complexity index is 227. The van der Waals surface area contributed by atoms with Gasteiger partial charge < -0.3 is 4.90 Å². The summed E-state index contributed by atoms with van der Waals surface area (Å²) in [5, 5.41) is 0. The molecular weight excluding hydrogens is 186 g/mol. The molecule has 2 fully saturated rings. The number of Topliss-reactive ketones (excluding diaryl/α,β-unsaturated/α-hetero) is 1. The predicted molar refractivity (Wildman–Crippen MR) is 61.9 cm³/mol. The van der Waals surface area contributed by atoms with Gasteiger partial charge in [0.1, 0.15) is 5.78 Å². The summed E-state index contributed by atoms with van der Waals surface area (Å²) in [7, 11) is 0. The zero-order valence-electron chi connectivity index (χ0n) is 9.87. The minimum Gasteiger partial charge on any atom is -0.301 e. The van der Waals surface area contributed by atoms with Crippen LogP contribution in [0.5, 0.6) is 0 Å². The first-order valence-corrected chi connectivity index (χ1v) is 6.54. The van der Waals surface area contributed by atoms with Crippen LogP contribution in [0.4, 0.5) is 0 Å². The molecule has 2 atom stereocenters. The molecular formula is C13H23NO. The van der Waals surface area contributed by atoms with E-state index in [-0.39, 0.29) is 0 Å². The fourth-order valence-electron chi connectivity index (χ4n) is 3.00. The third kappa shape index (κ3) is 2.81. The molecule has 0 N–H and O–H groups in total. The van der Waals surface area contributed by atoms with E-state index in [1.54, 1.807) is 0 Å². The van der Waals surface area contributed by atoms with Gasteiger partial charge in [-0.15, -0.1) is 0 Å². The molecule has 2 aliphatic rings. The van der Waals surface area contributed by atoms with E-state index in [0.29, 0.717) is 11.7 Å². The summed E-state index contributed by atoms with van der Waals surface area (Å²) in [5.41, 5.74) is 0. The summed E-state index contributed by atoms with van der Waals surface area (Å²) in [6.45, 7) is 4.73. The van der Waals surface area contributed by atoms with Crippen LogP contribution in [0.3, 0.4) is 0 Å². The molecule has 15 heavy (non-hydrogen) atoms. The predicted octanol–water partition coefficient (Wildman–Crippen LogP) is 2.62. The smallest absolute Gasteiger partial charge is 0.136 e. The number of carbonyl (C=O) groups is 1. The first-order valence-electron chi connectivity index (χ1n) is 6.54. The lowest BCUT2D eigenvalue weighted by atomic mass is 9.99. The van der Waals surface area contributed by atoms with Crippen molar-refractivity contribution in [2.45, 2.75) is 57.9 Å². The average Bonchev–Trinajstić information content (AvgIpc) is 2.63. The molecule has 1 saturated heterocycles. The fraction of sp³-hybridized carbons (Fsp3) is 0.923. The molecule has 0 aromatic rings. The van der Waals surface area contributed by atoms with Crippen molar-refractivity contribution in [2.24, 2.45) is 5.92 Å². The third-order valence-electron chi connectivity index (χ3n) is 4.14. The quantitative estimate of drug-likeness (QED) is 0.712. The number of hydrogen-bond acceptors (Lipinski definition) is 2. The van der Waals surface area contributed by atoms with E-state index >= 15 is 0 Å². The van der Waals surface area contributed by atoms with Gasteiger partial charge in [-0.05, 0) is 52.1 Å². The van der Waals surface area contributed by atoms with E-state index in [4.69, 9.17) is 0 Å². The standard InChI is InChI=1S/C13H23NO/c1-11-5-2-3-9-14(11)10-8-12-6-4-7-13(12)15/h11-12H,2-10H2,1H3. The molecule has 0 spiro atoms. The lowest BCUT2D eigenvalue weighted by Gasteiger charge is -2.33. The maximum atomic E-state index is 11.5. The van der Waals surface area contributed by atoms with Crippen LogP contribution in [0, 0.1) is 5.92 Å². The summed E-state index contributed by atoms with van der Waals surface area (Å²) in [4.78, 5) is 14.1. The zero-order chi connectivity index (χ0) is 10.7. The Morgan fingerprint density at radius 2 is 2.13 bits per heavy atom. The summed E-state index contributed by atoms with van der Waals surface area (Å²) in [6, 6.07) is 0.746. The number of hydrogen-bond donors (Lipinski definition) is 0. The Labute approximate surface area is 93.0 Å². The Morgan fingerprint density at radius 3 is 2.80 bits per heavy atom. The van der Waals surface area contributed by atoms with Gasteiger partial charge in [0.05, 0.1) is 0 Å². The van der Waals surface area contributed by atoms with Crippen molar-refractivity contribution in [3.63, 3.8) is 0 Å². The number of carbonyl (C=O) groups excluding carboxylic acids is 1. The van der Waals surface area contributed by atoms with E-state index in [1.165, 1.54) is 25.8 Å². The Kier molecular flexibility index (Phi) is 3.79. The average molecular weight is 209 g/mol. The van der Waals surface area contributed by atoms with E-state index in [2.05, 4.69) is 11.8 Å². The van der Waals surface area contributed by atoms with Crippen LogP contribution in [-0.2, 0) is 4.79 Å². The topological polar surface area (TPSA) is 20.3 Å². The SMILES string of the molecule is CC1CCCCN1CCC1CCCC1=O. The lowest BCUT2D eigenvalue weighted by Crippen LogP contribution is -2.38. The highest BCUT2D eigenvalue weighted by Gasteiger charge is 2.26. The normalized spacial score (nSPS) is 33.5. The summed E-state index contributed by atoms with van der Waals surface area (Å²) in [6.07, 6.45) is 8.34. The highest BCUT2D eigenvalue weighted by Crippen LogP contribution is 2.25. The highest BCUT2D eigenvalue weighted by molar-refractivity contribution is 5.82. The summed E-state index contributed by atoms with van der Waals surface area (Å²) in [5.74, 6) is 0.929. The summed E-state index contributed by atoms with van der Waals surface area (Å²) >= 11 is 0. The van der Waals surface area contributed by atoms with E-state index in [0.717, 1.165) is 38.3 Å². The molecule has 1 saturated carbocycles. The zero-order valence-corrected chi connectivity index (χ0v) is 9.87. The highest BCUT2D eigenvalue weighted by atomic mass is 16.1. The van der Waals surface area contributed by atoms with Gasteiger partial charge in [-0.3, -0.25) is 4.79 Å². The van der Waals surface area contributed by atoms with Gasteiger partial charge in [0, 0.05) is 18.4 Å². The number of likely N-dealkylation sites (tertiary alicyclic amines) is 1. The molecule has 0 bridgehead atoms. The number of piperidine rings is 1. The van der Waals surface area contributed by atoms with Crippen LogP contribution in [0.1, 0.15) is 51.9 Å². The van der Waals surface area contributed by atoms with Crippen LogP contribution >= 0.6 is 0 Å². The van der Waals surface area contributed by atoms with Gasteiger partial charge in [-0.25, -0.2) is 0 Å². The molecule has 2 rings (SSSR count). The molecule has 2 unspecified atom stereocenters. The molecule has 0 amide bonds. The molecule has 1 aliphatic carbocycles. The van der Waals surface area contributed by atoms with Crippen molar-refractivity contribution in [2.75, 3.05) is 13.1 Å². The van der Waals surface area contributed by atoms with Crippen LogP contribution in [0.25, 0.3) is 0 Å². The minimum atomic E-state index is 0.402. The van der Waals surface area contributed by atoms with E-state index in [9.17, 15) is 4.79 Å². The molecule has 2 heteroatoms. The minimum absolute atomic E-state index is 0.402. The monoisotopic (exact) mass is 209 g/mol. The van der Waals surface area contributed by atoms with E-state index < -0.39 is 0 Å². The number of ketones is 1. The summed E-state index contributed by atoms with van der Waals surface area (Å²) < 4.78 is 0. The van der Waals surface area contributed by atoms with Crippen molar-refractivity contribution >= 4 is 5.78 Å². The molecule has 1 heterocycles. The van der Waals surface area contributed by atoms with Crippen molar-refractivity contribution in [3.8, 4) is 0 Å². The second-order valence-electron chi connectivity index (χ2n) is 5.22. The first-order chi connectivity index (χ1) is 7.27. The van der Waals surface area contributed by atoms with Crippen LogP contribution in [0.15, 0.2) is 0 Å². The van der Waals surface area contributed by atoms with Gasteiger partial charge >= 0.3 is 0 Å². The maximum absolute atomic E-state index is 11.5. The third-order valence-corrected chi connectivity index (χ3v) is 4.14. The second kappa shape index (κ2) is 5.11. The number of nitrogens with zero attached hydrogens (tertiary/aromatic N) is 1. The fourth-order valence-corrected chi connectivity index (χ4v) is 3.00. The van der Waals surface area contributed by atoms with E-state index in [1.807, 2.05) is 0 Å². The molecule has 0 radical (unpaired) electrons. The Hall–Kier alpha value is -0.370. The second-order valence-corrected chi connectivity index (χ2v) is 5.22. The molecule has 86 valence electrons. The van der Waals surface area contributed by atoms with Gasteiger partial charge in [-0.2, -0.15) is 0 Å². The van der Waals surface area contributed by atoms with Crippen LogP contribution < -0.4 is 0 Å². The lowest BCUT2D eigenvalue weighted by molar-refractivity contribution is -0.120. The van der Waals surface area contributed by atoms with Gasteiger partial charge in [-0.1, -0.05) is 6.42 Å². The van der Waals surface area contributed by atoms with Crippen molar-refractivity contribution in [1.29, 1.82) is 0 Å². The largest absolute Gasteiger partial charge is 0.301 e. The Balaban J connectivity index is 1.74. The van der Waals surface area contributed by atoms with Crippen molar-refractivity contribution in [3.05, 3.63) is 0 Å². The van der Waals surface area contributed by atoms with Gasteiger partial charge in [0.15, 0.2) is 0 Å². The van der Waals surface area contributed by atoms with Crippen LogP contribution in [-0.4, -0.2) is 29.8 Å². The molecule has 0 aromatic heterocycles. The van der Waals surface area contributed by atoms with Gasteiger partial charge in [0.25, 0.3) is 0 Å². The van der Waals surface area contributed by atoms with Crippen LogP contribution in [0.2, 0.25) is 0 Å². The van der Waals surface area contributed by atoms with Crippen molar-refractivity contribution in [1.82, 2.24) is 4.90 Å². The Morgan fingerprint density at radius 1 is 1.27 bits per heavy atom.